The third kappa shape index (κ3) is 4.71. The summed E-state index contributed by atoms with van der Waals surface area (Å²) in [6.07, 6.45) is 4.35. The van der Waals surface area contributed by atoms with Gasteiger partial charge in [0.1, 0.15) is 5.65 Å². The van der Waals surface area contributed by atoms with Crippen LogP contribution in [0.3, 0.4) is 0 Å². The molecule has 0 unspecified atom stereocenters. The molecule has 3 heterocycles. The number of pyridine rings is 1. The summed E-state index contributed by atoms with van der Waals surface area (Å²) in [5, 5.41) is 4.18. The maximum absolute atomic E-state index is 13.5. The van der Waals surface area contributed by atoms with Crippen LogP contribution in [0.5, 0.6) is 0 Å². The van der Waals surface area contributed by atoms with E-state index in [1.54, 1.807) is 4.57 Å². The molecule has 7 heteroatoms. The number of rotatable bonds is 6. The fourth-order valence-electron chi connectivity index (χ4n) is 5.31. The first-order valence-electron chi connectivity index (χ1n) is 13.3. The third-order valence-electron chi connectivity index (χ3n) is 7.72. The van der Waals surface area contributed by atoms with Crippen LogP contribution in [0.2, 0.25) is 0 Å². The third-order valence-corrected chi connectivity index (χ3v) is 7.72. The first-order valence-corrected chi connectivity index (χ1v) is 13.3. The van der Waals surface area contributed by atoms with Crippen molar-refractivity contribution < 1.29 is 0 Å². The molecular weight excluding hydrogens is 460 g/mol. The van der Waals surface area contributed by atoms with Crippen LogP contribution in [0.25, 0.3) is 22.2 Å². The van der Waals surface area contributed by atoms with Gasteiger partial charge in [-0.1, -0.05) is 18.2 Å². The van der Waals surface area contributed by atoms with Crippen LogP contribution in [0.4, 0.5) is 17.3 Å². The number of hydrogen-bond acceptors (Lipinski definition) is 6. The van der Waals surface area contributed by atoms with Crippen LogP contribution in [-0.4, -0.2) is 52.7 Å². The minimum absolute atomic E-state index is 0.0153. The van der Waals surface area contributed by atoms with Gasteiger partial charge in [0.15, 0.2) is 0 Å². The van der Waals surface area contributed by atoms with Gasteiger partial charge in [0.2, 0.25) is 5.95 Å². The van der Waals surface area contributed by atoms with Crippen LogP contribution >= 0.6 is 0 Å². The van der Waals surface area contributed by atoms with E-state index in [1.165, 1.54) is 24.1 Å². The van der Waals surface area contributed by atoms with Crippen molar-refractivity contribution in [2.24, 2.45) is 0 Å². The van der Waals surface area contributed by atoms with E-state index in [0.29, 0.717) is 29.6 Å². The largest absolute Gasteiger partial charge is 0.369 e. The van der Waals surface area contributed by atoms with E-state index in [9.17, 15) is 4.79 Å². The zero-order valence-corrected chi connectivity index (χ0v) is 21.9. The van der Waals surface area contributed by atoms with Crippen molar-refractivity contribution in [1.29, 1.82) is 0 Å². The normalized spacial score (nSPS) is 16.4. The first-order chi connectivity index (χ1) is 18.0. The number of anilines is 3. The van der Waals surface area contributed by atoms with Crippen LogP contribution in [0.15, 0.2) is 59.5 Å². The summed E-state index contributed by atoms with van der Waals surface area (Å²) in [6, 6.07) is 16.9. The molecule has 1 saturated carbocycles. The van der Waals surface area contributed by atoms with E-state index >= 15 is 0 Å². The monoisotopic (exact) mass is 494 g/mol. The Labute approximate surface area is 217 Å². The van der Waals surface area contributed by atoms with Gasteiger partial charge in [0.05, 0.1) is 0 Å². The van der Waals surface area contributed by atoms with Gasteiger partial charge in [-0.15, -0.1) is 0 Å². The summed E-state index contributed by atoms with van der Waals surface area (Å²) in [7, 11) is 2.17. The molecule has 2 aliphatic rings. The number of benzene rings is 2. The summed E-state index contributed by atoms with van der Waals surface area (Å²) in [6.45, 7) is 8.86. The second-order valence-corrected chi connectivity index (χ2v) is 10.4. The van der Waals surface area contributed by atoms with E-state index in [-0.39, 0.29) is 5.56 Å². The maximum Gasteiger partial charge on any atom is 0.260 e. The van der Waals surface area contributed by atoms with E-state index < -0.39 is 0 Å². The molecule has 2 aromatic heterocycles. The predicted octanol–water partition coefficient (Wildman–Crippen LogP) is 5.16. The zero-order valence-electron chi connectivity index (χ0n) is 21.9. The molecule has 7 nitrogen and oxygen atoms in total. The molecule has 1 N–H and O–H groups in total. The molecule has 0 spiro atoms. The molecule has 2 aromatic carbocycles. The molecule has 0 radical (unpaired) electrons. The van der Waals surface area contributed by atoms with Gasteiger partial charge in [-0.2, -0.15) is 4.98 Å². The number of aryl methyl sites for hydroxylation is 2. The average molecular weight is 495 g/mol. The topological polar surface area (TPSA) is 66.3 Å². The number of aromatic nitrogens is 3. The van der Waals surface area contributed by atoms with Gasteiger partial charge in [-0.25, -0.2) is 4.98 Å². The fraction of sp³-hybridized carbons (Fsp3) is 0.367. The van der Waals surface area contributed by atoms with Crippen LogP contribution in [0, 0.1) is 6.92 Å². The predicted molar refractivity (Wildman–Crippen MR) is 151 cm³/mol. The van der Waals surface area contributed by atoms with Gasteiger partial charge >= 0.3 is 0 Å². The van der Waals surface area contributed by atoms with Gasteiger partial charge < -0.3 is 15.1 Å². The number of nitrogens with one attached hydrogen (secondary N) is 1. The van der Waals surface area contributed by atoms with Crippen molar-refractivity contribution in [2.75, 3.05) is 43.4 Å². The van der Waals surface area contributed by atoms with Gasteiger partial charge in [-0.3, -0.25) is 9.36 Å². The number of piperazine rings is 1. The summed E-state index contributed by atoms with van der Waals surface area (Å²) in [4.78, 5) is 27.6. The molecular formula is C30H34N6O. The van der Waals surface area contributed by atoms with Crippen LogP contribution < -0.4 is 15.8 Å². The van der Waals surface area contributed by atoms with Crippen LogP contribution in [-0.2, 0) is 6.54 Å². The Morgan fingerprint density at radius 3 is 2.41 bits per heavy atom. The minimum atomic E-state index is -0.0153. The van der Waals surface area contributed by atoms with Crippen molar-refractivity contribution >= 4 is 28.4 Å². The Morgan fingerprint density at radius 1 is 0.973 bits per heavy atom. The SMILES string of the molecule is CCn1c(=O)c(-c2ccc(C3CC3)cc2C)cc2cnc(Nc3ccc(N4CCN(C)CC4)cc3)nc21. The molecule has 6 rings (SSSR count). The first kappa shape index (κ1) is 23.7. The zero-order chi connectivity index (χ0) is 25.5. The maximum atomic E-state index is 13.5. The lowest BCUT2D eigenvalue weighted by Gasteiger charge is -2.34. The van der Waals surface area contributed by atoms with Crippen molar-refractivity contribution in [1.82, 2.24) is 19.4 Å². The smallest absolute Gasteiger partial charge is 0.260 e. The van der Waals surface area contributed by atoms with Crippen molar-refractivity contribution in [3.05, 3.63) is 76.2 Å². The standard InChI is InChI=1S/C30H34N6O/c1-4-36-28-23(18-27(29(36)37)26-12-7-22(17-20(26)2)21-5-6-21)19-31-30(33-28)32-24-8-10-25(11-9-24)35-15-13-34(3)14-16-35/h7-12,17-19,21H,4-6,13-16H2,1-3H3,(H,31,32,33). The number of likely N-dealkylation sites (N-methyl/N-ethyl adjacent to an activating group) is 1. The molecule has 0 atom stereocenters. The molecule has 1 aliphatic carbocycles. The lowest BCUT2D eigenvalue weighted by Crippen LogP contribution is -2.44. The number of hydrogen-bond donors (Lipinski definition) is 1. The Hall–Kier alpha value is -3.71. The highest BCUT2D eigenvalue weighted by Gasteiger charge is 2.24. The van der Waals surface area contributed by atoms with Crippen molar-refractivity contribution in [2.45, 2.75) is 39.2 Å². The number of fused-ring (bicyclic) bond motifs is 1. The second kappa shape index (κ2) is 9.63. The molecule has 0 bridgehead atoms. The molecule has 0 amide bonds. The Bertz CT molecular complexity index is 1500. The summed E-state index contributed by atoms with van der Waals surface area (Å²) in [5.74, 6) is 1.18. The second-order valence-electron chi connectivity index (χ2n) is 10.4. The van der Waals surface area contributed by atoms with Gasteiger partial charge in [0, 0.05) is 61.2 Å². The van der Waals surface area contributed by atoms with Crippen LogP contribution in [0.1, 0.15) is 36.8 Å². The molecule has 4 aromatic rings. The quantitative estimate of drug-likeness (QED) is 0.399. The van der Waals surface area contributed by atoms with Crippen molar-refractivity contribution in [3.63, 3.8) is 0 Å². The van der Waals surface area contributed by atoms with Gasteiger partial charge in [0.25, 0.3) is 5.56 Å². The fourth-order valence-corrected chi connectivity index (χ4v) is 5.31. The summed E-state index contributed by atoms with van der Waals surface area (Å²) < 4.78 is 1.75. The molecule has 190 valence electrons. The Balaban J connectivity index is 1.28. The van der Waals surface area contributed by atoms with E-state index in [4.69, 9.17) is 4.98 Å². The van der Waals surface area contributed by atoms with Gasteiger partial charge in [-0.05, 0) is 86.7 Å². The lowest BCUT2D eigenvalue weighted by atomic mass is 9.97. The minimum Gasteiger partial charge on any atom is -0.369 e. The highest BCUT2D eigenvalue weighted by atomic mass is 16.1. The highest BCUT2D eigenvalue weighted by molar-refractivity contribution is 5.82. The average Bonchev–Trinajstić information content (AvgIpc) is 3.75. The summed E-state index contributed by atoms with van der Waals surface area (Å²) in [5.41, 5.74) is 7.00. The lowest BCUT2D eigenvalue weighted by molar-refractivity contribution is 0.313. The highest BCUT2D eigenvalue weighted by Crippen LogP contribution is 2.41. The molecule has 37 heavy (non-hydrogen) atoms. The van der Waals surface area contributed by atoms with Crippen molar-refractivity contribution in [3.8, 4) is 11.1 Å². The van der Waals surface area contributed by atoms with E-state index in [0.717, 1.165) is 48.4 Å². The molecule has 2 fully saturated rings. The Kier molecular flexibility index (Phi) is 6.16. The molecule has 1 aliphatic heterocycles. The number of nitrogens with zero attached hydrogens (tertiary/aromatic N) is 5. The van der Waals surface area contributed by atoms with E-state index in [2.05, 4.69) is 76.5 Å². The Morgan fingerprint density at radius 2 is 1.73 bits per heavy atom. The molecule has 1 saturated heterocycles. The van der Waals surface area contributed by atoms with E-state index in [1.807, 2.05) is 19.2 Å². The summed E-state index contributed by atoms with van der Waals surface area (Å²) >= 11 is 0.